The Hall–Kier alpha value is -1.78. The van der Waals surface area contributed by atoms with E-state index in [1.807, 2.05) is 5.32 Å². The topological polar surface area (TPSA) is 53.0 Å². The van der Waals surface area contributed by atoms with E-state index < -0.39 is 23.2 Å². The van der Waals surface area contributed by atoms with Crippen LogP contribution in [0, 0.1) is 17.0 Å². The molecule has 0 bridgehead atoms. The Bertz CT molecular complexity index is 370. The van der Waals surface area contributed by atoms with Crippen LogP contribution >= 0.6 is 0 Å². The van der Waals surface area contributed by atoms with Crippen molar-refractivity contribution >= 4 is 17.3 Å². The number of hydrogen-bond acceptors (Lipinski definition) is 2. The van der Waals surface area contributed by atoms with Gasteiger partial charge in [-0.05, 0) is 19.1 Å². The van der Waals surface area contributed by atoms with Gasteiger partial charge in [0.2, 0.25) is 0 Å². The number of para-hydroxylation sites is 1. The van der Waals surface area contributed by atoms with Crippen molar-refractivity contribution in [3.63, 3.8) is 0 Å². The third-order valence-corrected chi connectivity index (χ3v) is 1.54. The van der Waals surface area contributed by atoms with Gasteiger partial charge in [0, 0.05) is 0 Å². The van der Waals surface area contributed by atoms with Gasteiger partial charge in [-0.1, -0.05) is 6.07 Å². The summed E-state index contributed by atoms with van der Waals surface area (Å²) in [6.07, 6.45) is 0. The Morgan fingerprint density at radius 1 is 1.36 bits per heavy atom. The lowest BCUT2D eigenvalue weighted by Gasteiger charge is -2.05. The van der Waals surface area contributed by atoms with Crippen molar-refractivity contribution in [3.8, 4) is 0 Å². The summed E-state index contributed by atoms with van der Waals surface area (Å²) in [5, 5.41) is 8.90. The maximum absolute atomic E-state index is 12.9. The van der Waals surface area contributed by atoms with Crippen LogP contribution in [0.5, 0.6) is 0 Å². The van der Waals surface area contributed by atoms with Gasteiger partial charge >= 0.3 is 0 Å². The zero-order valence-electron chi connectivity index (χ0n) is 7.40. The number of rotatable bonds is 2. The Morgan fingerprint density at radius 2 is 1.86 bits per heavy atom. The quantitative estimate of drug-likeness (QED) is 0.701. The highest BCUT2D eigenvalue weighted by Gasteiger charge is 2.12. The monoisotopic (exact) mass is 198 g/mol. The molecule has 0 unspecified atom stereocenters. The van der Waals surface area contributed by atoms with E-state index in [4.69, 9.17) is 5.41 Å². The lowest BCUT2D eigenvalue weighted by molar-refractivity contribution is -0.110. The van der Waals surface area contributed by atoms with Gasteiger partial charge in [0.25, 0.3) is 5.91 Å². The van der Waals surface area contributed by atoms with Crippen LogP contribution in [0.3, 0.4) is 0 Å². The van der Waals surface area contributed by atoms with Crippen molar-refractivity contribution in [2.75, 3.05) is 5.32 Å². The van der Waals surface area contributed by atoms with Crippen LogP contribution in [0.4, 0.5) is 14.5 Å². The molecular weight excluding hydrogens is 190 g/mol. The van der Waals surface area contributed by atoms with Crippen molar-refractivity contribution in [3.05, 3.63) is 29.8 Å². The molecule has 0 fully saturated rings. The molecule has 0 aliphatic carbocycles. The smallest absolute Gasteiger partial charge is 0.269 e. The highest BCUT2D eigenvalue weighted by Crippen LogP contribution is 2.17. The molecule has 1 rings (SSSR count). The maximum atomic E-state index is 12.9. The van der Waals surface area contributed by atoms with Gasteiger partial charge in [-0.25, -0.2) is 8.78 Å². The summed E-state index contributed by atoms with van der Waals surface area (Å²) in [7, 11) is 0. The Labute approximate surface area is 79.3 Å². The van der Waals surface area contributed by atoms with Gasteiger partial charge in [-0.2, -0.15) is 0 Å². The minimum atomic E-state index is -0.861. The fraction of sp³-hybridized carbons (Fsp3) is 0.111. The first-order chi connectivity index (χ1) is 6.52. The SMILES string of the molecule is CC(=N)C(=O)Nc1c(F)cccc1F. The fourth-order valence-corrected chi connectivity index (χ4v) is 0.825. The molecule has 1 amide bonds. The number of anilines is 1. The molecular formula is C9H8F2N2O. The predicted molar refractivity (Wildman–Crippen MR) is 48.4 cm³/mol. The van der Waals surface area contributed by atoms with Crippen LogP contribution in [0.2, 0.25) is 0 Å². The first kappa shape index (κ1) is 10.3. The van der Waals surface area contributed by atoms with Crippen LogP contribution < -0.4 is 5.32 Å². The molecule has 0 saturated heterocycles. The van der Waals surface area contributed by atoms with Gasteiger partial charge < -0.3 is 5.32 Å². The Morgan fingerprint density at radius 3 is 2.29 bits per heavy atom. The van der Waals surface area contributed by atoms with Gasteiger partial charge in [0.15, 0.2) is 0 Å². The average Bonchev–Trinajstić information content (AvgIpc) is 2.11. The first-order valence-corrected chi connectivity index (χ1v) is 3.83. The number of nitrogens with one attached hydrogen (secondary N) is 2. The van der Waals surface area contributed by atoms with E-state index in [0.29, 0.717) is 0 Å². The number of benzene rings is 1. The minimum absolute atomic E-state index is 0.312. The Balaban J connectivity index is 2.97. The number of amides is 1. The van der Waals surface area contributed by atoms with E-state index >= 15 is 0 Å². The molecule has 0 aliphatic heterocycles. The van der Waals surface area contributed by atoms with Crippen LogP contribution in [0.1, 0.15) is 6.92 Å². The lowest BCUT2D eigenvalue weighted by atomic mass is 10.2. The fourth-order valence-electron chi connectivity index (χ4n) is 0.825. The summed E-state index contributed by atoms with van der Waals surface area (Å²) >= 11 is 0. The van der Waals surface area contributed by atoms with Gasteiger partial charge in [0.1, 0.15) is 17.3 Å². The van der Waals surface area contributed by atoms with E-state index in [9.17, 15) is 13.6 Å². The Kier molecular flexibility index (Phi) is 2.91. The molecule has 3 nitrogen and oxygen atoms in total. The third kappa shape index (κ3) is 2.12. The standard InChI is InChI=1S/C9H8F2N2O/c1-5(12)9(14)13-8-6(10)3-2-4-7(8)11/h2-4,12H,1H3,(H,13,14). The molecule has 0 radical (unpaired) electrons. The molecule has 2 N–H and O–H groups in total. The normalized spacial score (nSPS) is 9.64. The second kappa shape index (κ2) is 3.95. The number of carbonyl (C=O) groups is 1. The molecule has 0 aromatic heterocycles. The highest BCUT2D eigenvalue weighted by molar-refractivity contribution is 6.41. The summed E-state index contributed by atoms with van der Waals surface area (Å²) in [6, 6.07) is 3.24. The molecule has 0 saturated carbocycles. The van der Waals surface area contributed by atoms with E-state index in [-0.39, 0.29) is 5.71 Å². The molecule has 5 heteroatoms. The van der Waals surface area contributed by atoms with Crippen molar-refractivity contribution in [1.82, 2.24) is 0 Å². The second-order valence-corrected chi connectivity index (χ2v) is 2.68. The maximum Gasteiger partial charge on any atom is 0.269 e. The largest absolute Gasteiger partial charge is 0.316 e. The van der Waals surface area contributed by atoms with Crippen molar-refractivity contribution in [2.24, 2.45) is 0 Å². The zero-order valence-corrected chi connectivity index (χ0v) is 7.40. The summed E-state index contributed by atoms with van der Waals surface area (Å²) in [5.74, 6) is -2.55. The van der Waals surface area contributed by atoms with Crippen LogP contribution in [0.25, 0.3) is 0 Å². The molecule has 1 aromatic carbocycles. The van der Waals surface area contributed by atoms with Gasteiger partial charge in [-0.3, -0.25) is 10.2 Å². The van der Waals surface area contributed by atoms with E-state index in [1.165, 1.54) is 13.0 Å². The molecule has 0 aliphatic rings. The van der Waals surface area contributed by atoms with Crippen LogP contribution in [-0.4, -0.2) is 11.6 Å². The molecule has 14 heavy (non-hydrogen) atoms. The summed E-state index contributed by atoms with van der Waals surface area (Å²) in [5.41, 5.74) is -0.836. The molecule has 0 atom stereocenters. The van der Waals surface area contributed by atoms with Crippen molar-refractivity contribution in [2.45, 2.75) is 6.92 Å². The van der Waals surface area contributed by atoms with Crippen molar-refractivity contribution < 1.29 is 13.6 Å². The predicted octanol–water partition coefficient (Wildman–Crippen LogP) is 1.94. The lowest BCUT2D eigenvalue weighted by Crippen LogP contribution is -2.20. The van der Waals surface area contributed by atoms with Crippen LogP contribution in [0.15, 0.2) is 18.2 Å². The molecule has 0 heterocycles. The zero-order chi connectivity index (χ0) is 10.7. The minimum Gasteiger partial charge on any atom is -0.316 e. The summed E-state index contributed by atoms with van der Waals surface area (Å²) in [6.45, 7) is 1.23. The molecule has 74 valence electrons. The number of hydrogen-bond donors (Lipinski definition) is 2. The van der Waals surface area contributed by atoms with Gasteiger partial charge in [-0.15, -0.1) is 0 Å². The highest BCUT2D eigenvalue weighted by atomic mass is 19.1. The second-order valence-electron chi connectivity index (χ2n) is 2.68. The third-order valence-electron chi connectivity index (χ3n) is 1.54. The number of carbonyl (C=O) groups excluding carboxylic acids is 1. The van der Waals surface area contributed by atoms with E-state index in [1.54, 1.807) is 0 Å². The first-order valence-electron chi connectivity index (χ1n) is 3.83. The summed E-state index contributed by atoms with van der Waals surface area (Å²) < 4.78 is 25.9. The van der Waals surface area contributed by atoms with Gasteiger partial charge in [0.05, 0.1) is 5.71 Å². The molecule has 0 spiro atoms. The van der Waals surface area contributed by atoms with Crippen molar-refractivity contribution in [1.29, 1.82) is 5.41 Å². The number of halogens is 2. The molecule has 1 aromatic rings. The van der Waals surface area contributed by atoms with Crippen LogP contribution in [-0.2, 0) is 4.79 Å². The van der Waals surface area contributed by atoms with E-state index in [0.717, 1.165) is 12.1 Å². The summed E-state index contributed by atoms with van der Waals surface area (Å²) in [4.78, 5) is 10.9. The average molecular weight is 198 g/mol. The van der Waals surface area contributed by atoms with E-state index in [2.05, 4.69) is 0 Å².